The Kier molecular flexibility index (Phi) is 6.46. The molecule has 1 unspecified atom stereocenters. The zero-order chi connectivity index (χ0) is 15.1. The number of rotatable bonds is 7. The van der Waals surface area contributed by atoms with Crippen LogP contribution in [0.4, 0.5) is 0 Å². The first-order valence-corrected chi connectivity index (χ1v) is 8.55. The van der Waals surface area contributed by atoms with Crippen molar-refractivity contribution in [3.63, 3.8) is 0 Å². The minimum Gasteiger partial charge on any atom is -0.374 e. The molecule has 1 atom stereocenters. The zero-order valence-electron chi connectivity index (χ0n) is 13.2. The van der Waals surface area contributed by atoms with Crippen molar-refractivity contribution in [3.8, 4) is 0 Å². The Labute approximate surface area is 133 Å². The van der Waals surface area contributed by atoms with Gasteiger partial charge in [0.2, 0.25) is 0 Å². The van der Waals surface area contributed by atoms with Gasteiger partial charge in [0, 0.05) is 25.0 Å². The standard InChI is InChI=1S/C17H27ClN2O/c1-3-20-16(12-14-8-11-19-13-15(14)18)17(21-4-2)9-6-5-7-10-17/h8,11,13,16,20H,3-7,9-10,12H2,1-2H3. The molecule has 0 aliphatic heterocycles. The first-order chi connectivity index (χ1) is 10.2. The van der Waals surface area contributed by atoms with Crippen LogP contribution in [0.2, 0.25) is 5.02 Å². The van der Waals surface area contributed by atoms with Gasteiger partial charge in [0.1, 0.15) is 0 Å². The summed E-state index contributed by atoms with van der Waals surface area (Å²) in [7, 11) is 0. The first kappa shape index (κ1) is 16.7. The molecule has 1 aliphatic rings. The third-order valence-electron chi connectivity index (χ3n) is 4.50. The molecule has 2 rings (SSSR count). The predicted octanol–water partition coefficient (Wildman–Crippen LogP) is 4.00. The molecule has 1 N–H and O–H groups in total. The molecule has 1 saturated carbocycles. The third kappa shape index (κ3) is 4.18. The van der Waals surface area contributed by atoms with Crippen molar-refractivity contribution in [2.24, 2.45) is 0 Å². The Morgan fingerprint density at radius 1 is 1.33 bits per heavy atom. The molecule has 1 heterocycles. The molecule has 0 spiro atoms. The monoisotopic (exact) mass is 310 g/mol. The average molecular weight is 311 g/mol. The summed E-state index contributed by atoms with van der Waals surface area (Å²) in [5.74, 6) is 0. The van der Waals surface area contributed by atoms with Crippen LogP contribution in [-0.4, -0.2) is 29.8 Å². The lowest BCUT2D eigenvalue weighted by Gasteiger charge is -2.44. The van der Waals surface area contributed by atoms with E-state index in [2.05, 4.69) is 24.1 Å². The fourth-order valence-corrected chi connectivity index (χ4v) is 3.71. The Hall–Kier alpha value is -0.640. The molecule has 118 valence electrons. The molecule has 0 saturated heterocycles. The average Bonchev–Trinajstić information content (AvgIpc) is 2.50. The topological polar surface area (TPSA) is 34.2 Å². The second kappa shape index (κ2) is 8.11. The number of likely N-dealkylation sites (N-methyl/N-ethyl adjacent to an activating group) is 1. The van der Waals surface area contributed by atoms with Crippen molar-refractivity contribution >= 4 is 11.6 Å². The second-order valence-electron chi connectivity index (χ2n) is 5.84. The van der Waals surface area contributed by atoms with Gasteiger partial charge >= 0.3 is 0 Å². The lowest BCUT2D eigenvalue weighted by molar-refractivity contribution is -0.0894. The molecule has 0 bridgehead atoms. The Morgan fingerprint density at radius 2 is 2.10 bits per heavy atom. The van der Waals surface area contributed by atoms with Gasteiger partial charge in [0.25, 0.3) is 0 Å². The highest BCUT2D eigenvalue weighted by molar-refractivity contribution is 6.31. The number of aromatic nitrogens is 1. The lowest BCUT2D eigenvalue weighted by atomic mass is 9.77. The summed E-state index contributed by atoms with van der Waals surface area (Å²) in [4.78, 5) is 4.08. The fourth-order valence-electron chi connectivity index (χ4n) is 3.51. The fraction of sp³-hybridized carbons (Fsp3) is 0.706. The molecular formula is C17H27ClN2O. The van der Waals surface area contributed by atoms with Gasteiger partial charge in [-0.25, -0.2) is 0 Å². The quantitative estimate of drug-likeness (QED) is 0.826. The zero-order valence-corrected chi connectivity index (χ0v) is 14.0. The van der Waals surface area contributed by atoms with Gasteiger partial charge in [-0.15, -0.1) is 0 Å². The second-order valence-corrected chi connectivity index (χ2v) is 6.25. The molecule has 21 heavy (non-hydrogen) atoms. The summed E-state index contributed by atoms with van der Waals surface area (Å²) in [6.45, 7) is 5.97. The van der Waals surface area contributed by atoms with Crippen LogP contribution in [0.1, 0.15) is 51.5 Å². The van der Waals surface area contributed by atoms with Crippen molar-refractivity contribution in [3.05, 3.63) is 29.0 Å². The van der Waals surface area contributed by atoms with Crippen LogP contribution >= 0.6 is 11.6 Å². The van der Waals surface area contributed by atoms with E-state index in [4.69, 9.17) is 16.3 Å². The summed E-state index contributed by atoms with van der Waals surface area (Å²) >= 11 is 6.30. The van der Waals surface area contributed by atoms with E-state index in [1.54, 1.807) is 6.20 Å². The van der Waals surface area contributed by atoms with Crippen molar-refractivity contribution in [2.45, 2.75) is 64.0 Å². The Bertz CT molecular complexity index is 427. The summed E-state index contributed by atoms with van der Waals surface area (Å²) in [5, 5.41) is 4.40. The van der Waals surface area contributed by atoms with Crippen LogP contribution < -0.4 is 5.32 Å². The summed E-state index contributed by atoms with van der Waals surface area (Å²) in [6.07, 6.45) is 10.6. The van der Waals surface area contributed by atoms with Crippen molar-refractivity contribution in [1.82, 2.24) is 10.3 Å². The highest BCUT2D eigenvalue weighted by Crippen LogP contribution is 2.36. The van der Waals surface area contributed by atoms with Crippen LogP contribution in [0.3, 0.4) is 0 Å². The van der Waals surface area contributed by atoms with E-state index < -0.39 is 0 Å². The summed E-state index contributed by atoms with van der Waals surface area (Å²) < 4.78 is 6.28. The van der Waals surface area contributed by atoms with E-state index in [0.717, 1.165) is 43.0 Å². The lowest BCUT2D eigenvalue weighted by Crippen LogP contribution is -2.54. The molecule has 3 nitrogen and oxygen atoms in total. The number of nitrogens with zero attached hydrogens (tertiary/aromatic N) is 1. The Balaban J connectivity index is 2.21. The van der Waals surface area contributed by atoms with Gasteiger partial charge in [-0.05, 0) is 44.4 Å². The largest absolute Gasteiger partial charge is 0.374 e. The maximum absolute atomic E-state index is 6.30. The Morgan fingerprint density at radius 3 is 2.71 bits per heavy atom. The maximum Gasteiger partial charge on any atom is 0.0837 e. The molecule has 1 fully saturated rings. The van der Waals surface area contributed by atoms with E-state index in [-0.39, 0.29) is 5.60 Å². The number of hydrogen-bond donors (Lipinski definition) is 1. The number of hydrogen-bond acceptors (Lipinski definition) is 3. The highest BCUT2D eigenvalue weighted by atomic mass is 35.5. The summed E-state index contributed by atoms with van der Waals surface area (Å²) in [6, 6.07) is 2.33. The van der Waals surface area contributed by atoms with E-state index in [9.17, 15) is 0 Å². The van der Waals surface area contributed by atoms with Gasteiger partial charge in [0.05, 0.1) is 10.6 Å². The van der Waals surface area contributed by atoms with E-state index in [1.165, 1.54) is 19.3 Å². The van der Waals surface area contributed by atoms with Crippen molar-refractivity contribution < 1.29 is 4.74 Å². The molecule has 0 radical (unpaired) electrons. The smallest absolute Gasteiger partial charge is 0.0837 e. The number of nitrogens with one attached hydrogen (secondary N) is 1. The SMILES string of the molecule is CCNC(Cc1ccncc1Cl)C1(OCC)CCCCC1. The van der Waals surface area contributed by atoms with Crippen molar-refractivity contribution in [1.29, 1.82) is 0 Å². The minimum absolute atomic E-state index is 0.0460. The van der Waals surface area contributed by atoms with E-state index >= 15 is 0 Å². The van der Waals surface area contributed by atoms with Gasteiger partial charge in [-0.3, -0.25) is 4.98 Å². The molecule has 0 amide bonds. The predicted molar refractivity (Wildman–Crippen MR) is 87.9 cm³/mol. The molecule has 0 aromatic carbocycles. The van der Waals surface area contributed by atoms with Crippen molar-refractivity contribution in [2.75, 3.05) is 13.2 Å². The normalized spacial score (nSPS) is 19.4. The number of halogens is 1. The van der Waals surface area contributed by atoms with Crippen LogP contribution in [0.15, 0.2) is 18.5 Å². The van der Waals surface area contributed by atoms with Crippen LogP contribution in [-0.2, 0) is 11.2 Å². The summed E-state index contributed by atoms with van der Waals surface area (Å²) in [5.41, 5.74) is 1.11. The van der Waals surface area contributed by atoms with Crippen LogP contribution in [0.25, 0.3) is 0 Å². The molecule has 4 heteroatoms. The molecule has 1 aliphatic carbocycles. The number of ether oxygens (including phenoxy) is 1. The van der Waals surface area contributed by atoms with Crippen LogP contribution in [0, 0.1) is 0 Å². The highest BCUT2D eigenvalue weighted by Gasteiger charge is 2.40. The first-order valence-electron chi connectivity index (χ1n) is 8.17. The molecule has 1 aromatic rings. The van der Waals surface area contributed by atoms with Gasteiger partial charge in [0.15, 0.2) is 0 Å². The van der Waals surface area contributed by atoms with Gasteiger partial charge < -0.3 is 10.1 Å². The molecular weight excluding hydrogens is 284 g/mol. The third-order valence-corrected chi connectivity index (χ3v) is 4.84. The van der Waals surface area contributed by atoms with Crippen LogP contribution in [0.5, 0.6) is 0 Å². The minimum atomic E-state index is -0.0460. The molecule has 1 aromatic heterocycles. The van der Waals surface area contributed by atoms with Gasteiger partial charge in [-0.1, -0.05) is 37.8 Å². The maximum atomic E-state index is 6.30. The van der Waals surface area contributed by atoms with Gasteiger partial charge in [-0.2, -0.15) is 0 Å². The number of pyridine rings is 1. The van der Waals surface area contributed by atoms with E-state index in [1.807, 2.05) is 12.3 Å². The van der Waals surface area contributed by atoms with E-state index in [0.29, 0.717) is 6.04 Å².